The molecule has 0 bridgehead atoms. The molecule has 0 unspecified atom stereocenters. The molecule has 0 aromatic heterocycles. The predicted molar refractivity (Wildman–Crippen MR) is 117 cm³/mol. The van der Waals surface area contributed by atoms with E-state index in [4.69, 9.17) is 19.9 Å². The Labute approximate surface area is 177 Å². The molecular weight excluding hydrogens is 382 g/mol. The van der Waals surface area contributed by atoms with Gasteiger partial charge in [-0.1, -0.05) is 31.4 Å². The summed E-state index contributed by atoms with van der Waals surface area (Å²) in [5, 5.41) is 3.73. The number of methoxy groups -OCH3 is 1. The van der Waals surface area contributed by atoms with Crippen LogP contribution in [0.3, 0.4) is 0 Å². The van der Waals surface area contributed by atoms with Crippen molar-refractivity contribution in [1.82, 2.24) is 5.43 Å². The lowest BCUT2D eigenvalue weighted by molar-refractivity contribution is 0.211. The van der Waals surface area contributed by atoms with E-state index in [2.05, 4.69) is 22.7 Å². The molecule has 0 aliphatic heterocycles. The molecule has 160 valence electrons. The number of rotatable bonds is 9. The Morgan fingerprint density at radius 1 is 1.07 bits per heavy atom. The number of carbonyl (C=O) groups is 1. The molecule has 2 aromatic rings. The van der Waals surface area contributed by atoms with Crippen molar-refractivity contribution in [2.24, 2.45) is 10.8 Å². The van der Waals surface area contributed by atoms with Gasteiger partial charge in [0, 0.05) is 0 Å². The molecule has 0 spiro atoms. The van der Waals surface area contributed by atoms with Gasteiger partial charge in [0.1, 0.15) is 19.0 Å². The van der Waals surface area contributed by atoms with E-state index in [0.717, 1.165) is 11.3 Å². The highest BCUT2D eigenvalue weighted by Crippen LogP contribution is 2.33. The van der Waals surface area contributed by atoms with Gasteiger partial charge in [0.25, 0.3) is 0 Å². The molecule has 2 aromatic carbocycles. The topological polar surface area (TPSA) is 95.2 Å². The largest absolute Gasteiger partial charge is 0.493 e. The summed E-state index contributed by atoms with van der Waals surface area (Å²) in [7, 11) is 1.56. The smallest absolute Gasteiger partial charge is 0.332 e. The lowest BCUT2D eigenvalue weighted by atomic mass is 9.84. The summed E-state index contributed by atoms with van der Waals surface area (Å²) in [5.74, 6) is 2.71. The van der Waals surface area contributed by atoms with Gasteiger partial charge >= 0.3 is 6.03 Å². The van der Waals surface area contributed by atoms with E-state index in [-0.39, 0.29) is 0 Å². The second kappa shape index (κ2) is 11.1. The third-order valence-corrected chi connectivity index (χ3v) is 5.14. The van der Waals surface area contributed by atoms with Crippen LogP contribution in [0.4, 0.5) is 4.79 Å². The number of hydrogen-bond acceptors (Lipinski definition) is 5. The molecule has 7 heteroatoms. The van der Waals surface area contributed by atoms with Gasteiger partial charge in [-0.15, -0.1) is 0 Å². The second-order valence-electron chi connectivity index (χ2n) is 7.25. The summed E-state index contributed by atoms with van der Waals surface area (Å²) in [6.07, 6.45) is 8.09. The summed E-state index contributed by atoms with van der Waals surface area (Å²) >= 11 is 0. The van der Waals surface area contributed by atoms with Crippen LogP contribution in [-0.2, 0) is 0 Å². The Morgan fingerprint density at radius 3 is 2.50 bits per heavy atom. The zero-order valence-corrected chi connectivity index (χ0v) is 17.3. The Balaban J connectivity index is 1.46. The summed E-state index contributed by atoms with van der Waals surface area (Å²) in [6, 6.07) is 13.1. The standard InChI is InChI=1S/C23H29N3O4/c1-28-22-15-17(16-25-26-23(24)27)7-12-21(22)30-14-13-29-20-10-8-19(9-11-20)18-5-3-2-4-6-18/h7-12,15-16,18H,2-6,13-14H2,1H3,(H3,24,26,27). The van der Waals surface area contributed by atoms with E-state index in [1.165, 1.54) is 43.9 Å². The van der Waals surface area contributed by atoms with E-state index in [1.807, 2.05) is 12.1 Å². The molecule has 1 aliphatic carbocycles. The molecule has 3 N–H and O–H groups in total. The Morgan fingerprint density at radius 2 is 1.80 bits per heavy atom. The summed E-state index contributed by atoms with van der Waals surface area (Å²) in [6.45, 7) is 0.815. The maximum Gasteiger partial charge on any atom is 0.332 e. The average molecular weight is 412 g/mol. The highest BCUT2D eigenvalue weighted by Gasteiger charge is 2.15. The lowest BCUT2D eigenvalue weighted by Crippen LogP contribution is -2.24. The summed E-state index contributed by atoms with van der Waals surface area (Å²) in [5.41, 5.74) is 9.27. The first-order valence-electron chi connectivity index (χ1n) is 10.3. The van der Waals surface area contributed by atoms with Gasteiger partial charge < -0.3 is 19.9 Å². The van der Waals surface area contributed by atoms with Crippen molar-refractivity contribution < 1.29 is 19.0 Å². The second-order valence-corrected chi connectivity index (χ2v) is 7.25. The first-order valence-corrected chi connectivity index (χ1v) is 10.3. The van der Waals surface area contributed by atoms with Crippen LogP contribution in [0.2, 0.25) is 0 Å². The molecule has 0 radical (unpaired) electrons. The van der Waals surface area contributed by atoms with E-state index >= 15 is 0 Å². The summed E-state index contributed by atoms with van der Waals surface area (Å²) in [4.78, 5) is 10.6. The van der Waals surface area contributed by atoms with Crippen molar-refractivity contribution in [3.05, 3.63) is 53.6 Å². The molecule has 0 saturated heterocycles. The van der Waals surface area contributed by atoms with Crippen LogP contribution in [0, 0.1) is 0 Å². The van der Waals surface area contributed by atoms with Gasteiger partial charge in [-0.2, -0.15) is 5.10 Å². The molecule has 1 saturated carbocycles. The Kier molecular flexibility index (Phi) is 7.94. The predicted octanol–water partition coefficient (Wildman–Crippen LogP) is 4.20. The van der Waals surface area contributed by atoms with Crippen molar-refractivity contribution in [1.29, 1.82) is 0 Å². The fourth-order valence-electron chi connectivity index (χ4n) is 3.64. The van der Waals surface area contributed by atoms with Crippen LogP contribution in [0.5, 0.6) is 17.2 Å². The normalized spacial score (nSPS) is 14.4. The Hall–Kier alpha value is -3.22. The van der Waals surface area contributed by atoms with Crippen LogP contribution < -0.4 is 25.4 Å². The van der Waals surface area contributed by atoms with Crippen molar-refractivity contribution in [2.75, 3.05) is 20.3 Å². The minimum absolute atomic E-state index is 0.386. The van der Waals surface area contributed by atoms with E-state index in [9.17, 15) is 4.79 Å². The van der Waals surface area contributed by atoms with Crippen molar-refractivity contribution in [2.45, 2.75) is 38.0 Å². The fourth-order valence-corrected chi connectivity index (χ4v) is 3.64. The van der Waals surface area contributed by atoms with Crippen LogP contribution in [0.1, 0.15) is 49.1 Å². The number of carbonyl (C=O) groups excluding carboxylic acids is 1. The number of hydrazone groups is 1. The van der Waals surface area contributed by atoms with Crippen molar-refractivity contribution >= 4 is 12.2 Å². The van der Waals surface area contributed by atoms with Crippen LogP contribution in [0.15, 0.2) is 47.6 Å². The highest BCUT2D eigenvalue weighted by molar-refractivity contribution is 5.82. The maximum atomic E-state index is 10.6. The zero-order valence-electron chi connectivity index (χ0n) is 17.3. The van der Waals surface area contributed by atoms with Gasteiger partial charge in [-0.3, -0.25) is 0 Å². The fraction of sp³-hybridized carbons (Fsp3) is 0.391. The van der Waals surface area contributed by atoms with Gasteiger partial charge in [-0.25, -0.2) is 10.2 Å². The zero-order chi connectivity index (χ0) is 21.2. The monoisotopic (exact) mass is 411 g/mol. The third-order valence-electron chi connectivity index (χ3n) is 5.14. The molecule has 0 heterocycles. The van der Waals surface area contributed by atoms with Crippen molar-refractivity contribution in [3.8, 4) is 17.2 Å². The molecule has 1 fully saturated rings. The summed E-state index contributed by atoms with van der Waals surface area (Å²) < 4.78 is 16.9. The van der Waals surface area contributed by atoms with Gasteiger partial charge in [0.2, 0.25) is 0 Å². The number of nitrogens with two attached hydrogens (primary N) is 1. The quantitative estimate of drug-likeness (QED) is 0.367. The number of primary amides is 1. The SMILES string of the molecule is COc1cc(C=NNC(N)=O)ccc1OCCOc1ccc(C2CCCCC2)cc1. The number of urea groups is 1. The van der Waals surface area contributed by atoms with Gasteiger partial charge in [0.05, 0.1) is 13.3 Å². The molecular formula is C23H29N3O4. The van der Waals surface area contributed by atoms with E-state index in [1.54, 1.807) is 25.3 Å². The average Bonchev–Trinajstić information content (AvgIpc) is 2.78. The number of amides is 2. The van der Waals surface area contributed by atoms with Crippen LogP contribution in [0.25, 0.3) is 0 Å². The number of nitrogens with one attached hydrogen (secondary N) is 1. The highest BCUT2D eigenvalue weighted by atomic mass is 16.5. The van der Waals surface area contributed by atoms with E-state index < -0.39 is 6.03 Å². The molecule has 7 nitrogen and oxygen atoms in total. The van der Waals surface area contributed by atoms with Gasteiger partial charge in [-0.05, 0) is 60.2 Å². The third kappa shape index (κ3) is 6.40. The molecule has 30 heavy (non-hydrogen) atoms. The molecule has 0 atom stereocenters. The Bertz CT molecular complexity index is 846. The first-order chi connectivity index (χ1) is 14.7. The maximum absolute atomic E-state index is 10.6. The number of benzene rings is 2. The minimum atomic E-state index is -0.721. The number of ether oxygens (including phenoxy) is 3. The number of nitrogens with zero attached hydrogens (tertiary/aromatic N) is 1. The molecule has 2 amide bonds. The van der Waals surface area contributed by atoms with E-state index in [0.29, 0.717) is 30.6 Å². The number of hydrogen-bond donors (Lipinski definition) is 2. The molecule has 1 aliphatic rings. The first kappa shape index (κ1) is 21.5. The lowest BCUT2D eigenvalue weighted by Gasteiger charge is -2.22. The van der Waals surface area contributed by atoms with Crippen molar-refractivity contribution in [3.63, 3.8) is 0 Å². The minimum Gasteiger partial charge on any atom is -0.493 e. The molecule has 3 rings (SSSR count). The van der Waals surface area contributed by atoms with Crippen LogP contribution in [-0.4, -0.2) is 32.6 Å². The van der Waals surface area contributed by atoms with Gasteiger partial charge in [0.15, 0.2) is 11.5 Å². The van der Waals surface area contributed by atoms with Crippen LogP contribution >= 0.6 is 0 Å².